The number of halogens is 1. The molecule has 0 aromatic heterocycles. The highest BCUT2D eigenvalue weighted by Crippen LogP contribution is 2.48. The van der Waals surface area contributed by atoms with Crippen molar-refractivity contribution in [2.24, 2.45) is 11.8 Å². The van der Waals surface area contributed by atoms with Gasteiger partial charge in [-0.25, -0.2) is 4.39 Å². The maximum absolute atomic E-state index is 13.7. The molecule has 3 aromatic carbocycles. The van der Waals surface area contributed by atoms with Crippen LogP contribution in [0.4, 0.5) is 21.5 Å². The van der Waals surface area contributed by atoms with E-state index in [-0.39, 0.29) is 11.9 Å². The summed E-state index contributed by atoms with van der Waals surface area (Å²) in [6.07, 6.45) is 0. The molecule has 2 N–H and O–H groups in total. The zero-order chi connectivity index (χ0) is 22.8. The average Bonchev–Trinajstić information content (AvgIpc) is 2.77. The fourth-order valence-corrected chi connectivity index (χ4v) is 4.35. The molecule has 0 fully saturated rings. The largest absolute Gasteiger partial charge is 0.385 e. The molecule has 3 nitrogen and oxygen atoms in total. The summed E-state index contributed by atoms with van der Waals surface area (Å²) >= 11 is 0. The van der Waals surface area contributed by atoms with E-state index in [4.69, 9.17) is 0 Å². The van der Waals surface area contributed by atoms with Crippen molar-refractivity contribution in [1.82, 2.24) is 0 Å². The Kier molecular flexibility index (Phi) is 6.40. The zero-order valence-electron chi connectivity index (χ0n) is 19.7. The Morgan fingerprint density at radius 1 is 0.781 bits per heavy atom. The summed E-state index contributed by atoms with van der Waals surface area (Å²) in [5.41, 5.74) is 8.22. The Labute approximate surface area is 191 Å². The predicted molar refractivity (Wildman–Crippen MR) is 135 cm³/mol. The lowest BCUT2D eigenvalue weighted by atomic mass is 9.84. The fourth-order valence-electron chi connectivity index (χ4n) is 4.35. The van der Waals surface area contributed by atoms with E-state index in [9.17, 15) is 4.39 Å². The number of nitrogens with zero attached hydrogens (tertiary/aromatic N) is 1. The van der Waals surface area contributed by atoms with Crippen LogP contribution in [0, 0.1) is 17.7 Å². The average molecular weight is 431 g/mol. The highest BCUT2D eigenvalue weighted by Gasteiger charge is 2.30. The summed E-state index contributed by atoms with van der Waals surface area (Å²) in [7, 11) is 2.14. The Bertz CT molecular complexity index is 1070. The number of rotatable bonds is 7. The third-order valence-electron chi connectivity index (χ3n) is 6.02. The van der Waals surface area contributed by atoms with Crippen molar-refractivity contribution in [2.75, 3.05) is 35.7 Å². The standard InChI is InChI=1S/C28H34FN3/c1-18(2)16-30-22-10-12-24-25-13-11-23(31-17-19(3)4)15-27(25)32(5)28(26(24)14-22)20-6-8-21(29)9-7-20/h6-15,18-19,28,30-31H,16-17H2,1-5H3/i29-1. The highest BCUT2D eigenvalue weighted by atomic mass is 18.2. The second-order valence-corrected chi connectivity index (χ2v) is 9.65. The van der Waals surface area contributed by atoms with Gasteiger partial charge in [0.2, 0.25) is 0 Å². The van der Waals surface area contributed by atoms with E-state index in [1.165, 1.54) is 22.4 Å². The number of benzene rings is 3. The van der Waals surface area contributed by atoms with E-state index < -0.39 is 0 Å². The molecular formula is C28H34FN3. The van der Waals surface area contributed by atoms with Crippen molar-refractivity contribution >= 4 is 17.1 Å². The first-order valence-electron chi connectivity index (χ1n) is 11.6. The van der Waals surface area contributed by atoms with Crippen molar-refractivity contribution in [3.8, 4) is 11.1 Å². The van der Waals surface area contributed by atoms with Gasteiger partial charge in [0.05, 0.1) is 6.04 Å². The van der Waals surface area contributed by atoms with Crippen LogP contribution >= 0.6 is 0 Å². The third kappa shape index (κ3) is 4.59. The van der Waals surface area contributed by atoms with Gasteiger partial charge in [-0.2, -0.15) is 0 Å². The van der Waals surface area contributed by atoms with E-state index in [1.807, 2.05) is 12.1 Å². The van der Waals surface area contributed by atoms with Crippen LogP contribution in [0.25, 0.3) is 11.1 Å². The van der Waals surface area contributed by atoms with Gasteiger partial charge in [-0.3, -0.25) is 0 Å². The van der Waals surface area contributed by atoms with E-state index in [0.717, 1.165) is 30.0 Å². The molecule has 4 rings (SSSR count). The lowest BCUT2D eigenvalue weighted by molar-refractivity contribution is 0.625. The number of nitrogens with one attached hydrogen (secondary N) is 2. The first kappa shape index (κ1) is 22.2. The molecular weight excluding hydrogens is 396 g/mol. The summed E-state index contributed by atoms with van der Waals surface area (Å²) < 4.78 is 13.7. The smallest absolute Gasteiger partial charge is 0.123 e. The first-order valence-corrected chi connectivity index (χ1v) is 11.6. The van der Waals surface area contributed by atoms with Crippen molar-refractivity contribution in [2.45, 2.75) is 33.7 Å². The lowest BCUT2D eigenvalue weighted by Crippen LogP contribution is -2.29. The summed E-state index contributed by atoms with van der Waals surface area (Å²) in [6, 6.07) is 20.2. The molecule has 1 aliphatic rings. The lowest BCUT2D eigenvalue weighted by Gasteiger charge is -2.38. The number of anilines is 3. The molecule has 0 amide bonds. The Morgan fingerprint density at radius 2 is 1.34 bits per heavy atom. The molecule has 1 aliphatic heterocycles. The van der Waals surface area contributed by atoms with E-state index in [1.54, 1.807) is 12.1 Å². The number of fused-ring (bicyclic) bond motifs is 3. The van der Waals surface area contributed by atoms with Crippen LogP contribution in [0.5, 0.6) is 0 Å². The molecule has 0 saturated carbocycles. The van der Waals surface area contributed by atoms with Crippen LogP contribution < -0.4 is 15.5 Å². The first-order chi connectivity index (χ1) is 15.3. The van der Waals surface area contributed by atoms with Gasteiger partial charge in [-0.1, -0.05) is 52.0 Å². The molecule has 0 radical (unpaired) electrons. The fraction of sp³-hybridized carbons (Fsp3) is 0.357. The van der Waals surface area contributed by atoms with Crippen LogP contribution in [-0.2, 0) is 0 Å². The molecule has 32 heavy (non-hydrogen) atoms. The molecule has 0 saturated heterocycles. The SMILES string of the molecule is CC(C)CNc1ccc2c(c1)C(c1ccc([18F])cc1)N(C)c1cc(NCC(C)C)ccc1-2. The van der Waals surface area contributed by atoms with Gasteiger partial charge in [0.25, 0.3) is 0 Å². The second kappa shape index (κ2) is 9.23. The summed E-state index contributed by atoms with van der Waals surface area (Å²) in [4.78, 5) is 2.32. The van der Waals surface area contributed by atoms with Crippen LogP contribution in [-0.4, -0.2) is 20.1 Å². The zero-order valence-corrected chi connectivity index (χ0v) is 19.7. The quantitative estimate of drug-likeness (QED) is 0.416. The van der Waals surface area contributed by atoms with Gasteiger partial charge >= 0.3 is 0 Å². The van der Waals surface area contributed by atoms with Gasteiger partial charge < -0.3 is 15.5 Å². The van der Waals surface area contributed by atoms with Gasteiger partial charge in [-0.15, -0.1) is 0 Å². The minimum Gasteiger partial charge on any atom is -0.385 e. The highest BCUT2D eigenvalue weighted by molar-refractivity contribution is 5.88. The van der Waals surface area contributed by atoms with Crippen LogP contribution in [0.1, 0.15) is 44.9 Å². The minimum absolute atomic E-state index is 0.0132. The Morgan fingerprint density at radius 3 is 1.94 bits per heavy atom. The van der Waals surface area contributed by atoms with Crippen molar-refractivity contribution in [3.05, 3.63) is 77.6 Å². The number of hydrogen-bond donors (Lipinski definition) is 2. The van der Waals surface area contributed by atoms with Crippen LogP contribution in [0.15, 0.2) is 60.7 Å². The Balaban J connectivity index is 1.80. The maximum atomic E-state index is 13.7. The molecule has 4 heteroatoms. The second-order valence-electron chi connectivity index (χ2n) is 9.65. The van der Waals surface area contributed by atoms with Crippen LogP contribution in [0.2, 0.25) is 0 Å². The summed E-state index contributed by atoms with van der Waals surface area (Å²) in [6.45, 7) is 10.7. The van der Waals surface area contributed by atoms with Crippen LogP contribution in [0.3, 0.4) is 0 Å². The summed E-state index contributed by atoms with van der Waals surface area (Å²) in [5, 5.41) is 7.11. The molecule has 1 heterocycles. The van der Waals surface area contributed by atoms with Gasteiger partial charge in [0, 0.05) is 42.8 Å². The van der Waals surface area contributed by atoms with E-state index >= 15 is 0 Å². The molecule has 168 valence electrons. The molecule has 1 atom stereocenters. The number of hydrogen-bond acceptors (Lipinski definition) is 3. The predicted octanol–water partition coefficient (Wildman–Crippen LogP) is 7.17. The van der Waals surface area contributed by atoms with E-state index in [0.29, 0.717) is 11.8 Å². The van der Waals surface area contributed by atoms with Crippen molar-refractivity contribution in [1.29, 1.82) is 0 Å². The third-order valence-corrected chi connectivity index (χ3v) is 6.02. The molecule has 0 spiro atoms. The molecule has 0 bridgehead atoms. The van der Waals surface area contributed by atoms with E-state index in [2.05, 4.69) is 86.7 Å². The minimum atomic E-state index is -0.208. The Hall–Kier alpha value is -3.01. The molecule has 0 aliphatic carbocycles. The van der Waals surface area contributed by atoms with Crippen molar-refractivity contribution in [3.63, 3.8) is 0 Å². The van der Waals surface area contributed by atoms with Gasteiger partial charge in [0.15, 0.2) is 0 Å². The molecule has 1 unspecified atom stereocenters. The van der Waals surface area contributed by atoms with Gasteiger partial charge in [0.1, 0.15) is 5.82 Å². The monoisotopic (exact) mass is 430 g/mol. The topological polar surface area (TPSA) is 27.3 Å². The van der Waals surface area contributed by atoms with Crippen molar-refractivity contribution < 1.29 is 4.39 Å². The normalized spacial score (nSPS) is 15.0. The molecule has 3 aromatic rings. The summed E-state index contributed by atoms with van der Waals surface area (Å²) in [5.74, 6) is 0.938. The van der Waals surface area contributed by atoms with Gasteiger partial charge in [-0.05, 0) is 64.9 Å². The maximum Gasteiger partial charge on any atom is 0.123 e.